The Morgan fingerprint density at radius 1 is 1.00 bits per heavy atom. The molecule has 27 heavy (non-hydrogen) atoms. The van der Waals surface area contributed by atoms with Crippen molar-refractivity contribution in [2.24, 2.45) is 0 Å². The van der Waals surface area contributed by atoms with Crippen LogP contribution in [0.2, 0.25) is 0 Å². The van der Waals surface area contributed by atoms with Crippen molar-refractivity contribution in [3.05, 3.63) is 64.6 Å². The number of anilines is 3. The van der Waals surface area contributed by atoms with Crippen LogP contribution in [0.5, 0.6) is 0 Å². The zero-order chi connectivity index (χ0) is 19.4. The molecule has 0 aliphatic heterocycles. The summed E-state index contributed by atoms with van der Waals surface area (Å²) in [6, 6.07) is 14.8. The van der Waals surface area contributed by atoms with Gasteiger partial charge in [-0.1, -0.05) is 30.3 Å². The van der Waals surface area contributed by atoms with Gasteiger partial charge in [0.2, 0.25) is 5.95 Å². The highest BCUT2D eigenvalue weighted by atomic mass is 79.9. The second-order valence-electron chi connectivity index (χ2n) is 5.68. The van der Waals surface area contributed by atoms with Gasteiger partial charge in [-0.05, 0) is 41.1 Å². The molecule has 2 aromatic carbocycles. The second kappa shape index (κ2) is 7.96. The molecule has 0 amide bonds. The van der Waals surface area contributed by atoms with Crippen LogP contribution in [0.25, 0.3) is 11.3 Å². The van der Waals surface area contributed by atoms with Crippen LogP contribution in [0, 0.1) is 0 Å². The summed E-state index contributed by atoms with van der Waals surface area (Å²) in [7, 11) is 0. The number of hydrogen-bond donors (Lipinski definition) is 2. The lowest BCUT2D eigenvalue weighted by atomic mass is 10.1. The van der Waals surface area contributed by atoms with Gasteiger partial charge in [0.15, 0.2) is 0 Å². The molecule has 0 aliphatic rings. The summed E-state index contributed by atoms with van der Waals surface area (Å²) in [4.78, 5) is 8.86. The van der Waals surface area contributed by atoms with Crippen LogP contribution < -0.4 is 10.6 Å². The third kappa shape index (κ3) is 4.77. The standard InChI is InChI=1S/C19H16BrF3N4/c1-2-24-18-26-16(12-6-4-3-5-7-12)11-17(27-18)25-15-9-8-13(10-14(15)20)19(21,22)23/h3-11H,2H2,1H3,(H2,24,25,26,27). The first-order valence-electron chi connectivity index (χ1n) is 8.19. The summed E-state index contributed by atoms with van der Waals surface area (Å²) < 4.78 is 38.8. The third-order valence-electron chi connectivity index (χ3n) is 3.69. The van der Waals surface area contributed by atoms with Crippen LogP contribution in [0.1, 0.15) is 12.5 Å². The number of nitrogens with one attached hydrogen (secondary N) is 2. The molecule has 4 nitrogen and oxygen atoms in total. The number of hydrogen-bond acceptors (Lipinski definition) is 4. The minimum atomic E-state index is -4.39. The lowest BCUT2D eigenvalue weighted by Crippen LogP contribution is -2.07. The Balaban J connectivity index is 1.96. The van der Waals surface area contributed by atoms with Crippen molar-refractivity contribution in [1.29, 1.82) is 0 Å². The molecule has 0 atom stereocenters. The average Bonchev–Trinajstić information content (AvgIpc) is 2.63. The van der Waals surface area contributed by atoms with Gasteiger partial charge in [-0.15, -0.1) is 0 Å². The number of rotatable bonds is 5. The maximum atomic E-state index is 12.8. The van der Waals surface area contributed by atoms with Gasteiger partial charge in [0.1, 0.15) is 5.82 Å². The Hall–Kier alpha value is -2.61. The van der Waals surface area contributed by atoms with Crippen LogP contribution in [0.4, 0.5) is 30.6 Å². The van der Waals surface area contributed by atoms with Crippen molar-refractivity contribution in [3.8, 4) is 11.3 Å². The van der Waals surface area contributed by atoms with E-state index in [2.05, 4.69) is 36.5 Å². The molecule has 0 bridgehead atoms. The monoisotopic (exact) mass is 436 g/mol. The Labute approximate surface area is 163 Å². The second-order valence-corrected chi connectivity index (χ2v) is 6.53. The van der Waals surface area contributed by atoms with Crippen LogP contribution >= 0.6 is 15.9 Å². The maximum Gasteiger partial charge on any atom is 0.416 e. The van der Waals surface area contributed by atoms with Gasteiger partial charge in [0.25, 0.3) is 0 Å². The predicted octanol–water partition coefficient (Wildman–Crippen LogP) is 6.10. The van der Waals surface area contributed by atoms with Gasteiger partial charge >= 0.3 is 6.18 Å². The van der Waals surface area contributed by atoms with E-state index in [0.29, 0.717) is 34.2 Å². The molecule has 140 valence electrons. The summed E-state index contributed by atoms with van der Waals surface area (Å²) in [6.07, 6.45) is -4.39. The number of alkyl halides is 3. The van der Waals surface area contributed by atoms with Gasteiger partial charge in [-0.3, -0.25) is 0 Å². The molecule has 0 radical (unpaired) electrons. The fourth-order valence-corrected chi connectivity index (χ4v) is 2.91. The summed E-state index contributed by atoms with van der Waals surface area (Å²) in [6.45, 7) is 2.57. The number of nitrogens with zero attached hydrogens (tertiary/aromatic N) is 2. The minimum absolute atomic E-state index is 0.294. The topological polar surface area (TPSA) is 49.8 Å². The van der Waals surface area contributed by atoms with Crippen LogP contribution in [0.3, 0.4) is 0 Å². The van der Waals surface area contributed by atoms with E-state index < -0.39 is 11.7 Å². The number of halogens is 4. The predicted molar refractivity (Wildman–Crippen MR) is 104 cm³/mol. The molecule has 3 rings (SSSR count). The van der Waals surface area contributed by atoms with Crippen molar-refractivity contribution < 1.29 is 13.2 Å². The molecule has 0 unspecified atom stereocenters. The summed E-state index contributed by atoms with van der Waals surface area (Å²) in [5.74, 6) is 0.907. The Morgan fingerprint density at radius 3 is 2.37 bits per heavy atom. The van der Waals surface area contributed by atoms with E-state index in [1.807, 2.05) is 37.3 Å². The van der Waals surface area contributed by atoms with Crippen LogP contribution in [-0.2, 0) is 6.18 Å². The van der Waals surface area contributed by atoms with E-state index in [0.717, 1.165) is 17.7 Å². The molecule has 2 N–H and O–H groups in total. The molecular weight excluding hydrogens is 421 g/mol. The first-order chi connectivity index (χ1) is 12.9. The van der Waals surface area contributed by atoms with Crippen molar-refractivity contribution in [2.45, 2.75) is 13.1 Å². The Kier molecular flexibility index (Phi) is 5.65. The van der Waals surface area contributed by atoms with E-state index in [-0.39, 0.29) is 0 Å². The Morgan fingerprint density at radius 2 is 1.74 bits per heavy atom. The minimum Gasteiger partial charge on any atom is -0.354 e. The average molecular weight is 437 g/mol. The van der Waals surface area contributed by atoms with Crippen molar-refractivity contribution in [2.75, 3.05) is 17.2 Å². The summed E-state index contributed by atoms with van der Waals surface area (Å²) >= 11 is 3.19. The smallest absolute Gasteiger partial charge is 0.354 e. The molecule has 3 aromatic rings. The fraction of sp³-hybridized carbons (Fsp3) is 0.158. The molecular formula is C19H16BrF3N4. The van der Waals surface area contributed by atoms with E-state index in [9.17, 15) is 13.2 Å². The molecule has 0 saturated carbocycles. The first-order valence-corrected chi connectivity index (χ1v) is 8.98. The molecule has 1 heterocycles. The maximum absolute atomic E-state index is 12.8. The van der Waals surface area contributed by atoms with Gasteiger partial charge < -0.3 is 10.6 Å². The Bertz CT molecular complexity index is 930. The number of benzene rings is 2. The zero-order valence-corrected chi connectivity index (χ0v) is 15.9. The van der Waals surface area contributed by atoms with E-state index in [1.54, 1.807) is 6.07 Å². The van der Waals surface area contributed by atoms with Gasteiger partial charge in [-0.2, -0.15) is 18.2 Å². The van der Waals surface area contributed by atoms with Crippen LogP contribution in [0.15, 0.2) is 59.1 Å². The molecule has 0 spiro atoms. The van der Waals surface area contributed by atoms with Crippen molar-refractivity contribution in [3.63, 3.8) is 0 Å². The summed E-state index contributed by atoms with van der Waals surface area (Å²) in [5.41, 5.74) is 1.37. The van der Waals surface area contributed by atoms with E-state index >= 15 is 0 Å². The SMILES string of the molecule is CCNc1nc(Nc2ccc(C(F)(F)F)cc2Br)cc(-c2ccccc2)n1. The molecule has 0 aliphatic carbocycles. The zero-order valence-electron chi connectivity index (χ0n) is 14.3. The van der Waals surface area contributed by atoms with Gasteiger partial charge in [-0.25, -0.2) is 4.98 Å². The fourth-order valence-electron chi connectivity index (χ4n) is 2.44. The highest BCUT2D eigenvalue weighted by Crippen LogP contribution is 2.35. The number of aromatic nitrogens is 2. The van der Waals surface area contributed by atoms with Crippen LogP contribution in [-0.4, -0.2) is 16.5 Å². The van der Waals surface area contributed by atoms with E-state index in [1.165, 1.54) is 6.07 Å². The molecule has 0 saturated heterocycles. The highest BCUT2D eigenvalue weighted by molar-refractivity contribution is 9.10. The summed E-state index contributed by atoms with van der Waals surface area (Å²) in [5, 5.41) is 6.12. The molecule has 0 fully saturated rings. The highest BCUT2D eigenvalue weighted by Gasteiger charge is 2.30. The molecule has 8 heteroatoms. The first kappa shape index (κ1) is 19.2. The third-order valence-corrected chi connectivity index (χ3v) is 4.35. The van der Waals surface area contributed by atoms with Crippen molar-refractivity contribution >= 4 is 33.4 Å². The van der Waals surface area contributed by atoms with E-state index in [4.69, 9.17) is 0 Å². The lowest BCUT2D eigenvalue weighted by molar-refractivity contribution is -0.137. The van der Waals surface area contributed by atoms with Gasteiger partial charge in [0.05, 0.1) is 16.9 Å². The van der Waals surface area contributed by atoms with Gasteiger partial charge in [0, 0.05) is 22.6 Å². The lowest BCUT2D eigenvalue weighted by Gasteiger charge is -2.13. The molecule has 1 aromatic heterocycles. The quantitative estimate of drug-likeness (QED) is 0.507. The van der Waals surface area contributed by atoms with Crippen molar-refractivity contribution in [1.82, 2.24) is 9.97 Å². The largest absolute Gasteiger partial charge is 0.416 e. The normalized spacial score (nSPS) is 11.3.